The first kappa shape index (κ1) is 21.3. The first-order chi connectivity index (χ1) is 16.5. The van der Waals surface area contributed by atoms with Crippen LogP contribution in [0.2, 0.25) is 0 Å². The number of aromatic nitrogens is 6. The van der Waals surface area contributed by atoms with Crippen molar-refractivity contribution in [3.05, 3.63) is 84.2 Å². The molecule has 0 fully saturated rings. The Hall–Kier alpha value is -4.60. The van der Waals surface area contributed by atoms with Gasteiger partial charge in [0, 0.05) is 6.07 Å². The summed E-state index contributed by atoms with van der Waals surface area (Å²) in [6, 6.07) is 15.2. The number of rotatable bonds is 6. The third-order valence-electron chi connectivity index (χ3n) is 5.17. The van der Waals surface area contributed by atoms with Gasteiger partial charge in [-0.3, -0.25) is 4.79 Å². The highest BCUT2D eigenvalue weighted by Gasteiger charge is 2.18. The lowest BCUT2D eigenvalue weighted by Crippen LogP contribution is -2.22. The van der Waals surface area contributed by atoms with Crippen LogP contribution in [0.1, 0.15) is 11.3 Å². The van der Waals surface area contributed by atoms with E-state index in [1.165, 1.54) is 23.1 Å². The van der Waals surface area contributed by atoms with E-state index in [-0.39, 0.29) is 18.3 Å². The highest BCUT2D eigenvalue weighted by atomic mass is 19.1. The number of amides is 1. The highest BCUT2D eigenvalue weighted by Crippen LogP contribution is 2.24. The smallest absolute Gasteiger partial charge is 0.263 e. The number of ether oxygens (including phenoxy) is 1. The van der Waals surface area contributed by atoms with Gasteiger partial charge in [0.2, 0.25) is 0 Å². The molecular formula is C24H20FN7O2. The van der Waals surface area contributed by atoms with Crippen LogP contribution in [0.25, 0.3) is 22.5 Å². The van der Waals surface area contributed by atoms with Crippen LogP contribution >= 0.6 is 0 Å². The van der Waals surface area contributed by atoms with E-state index >= 15 is 0 Å². The Labute approximate surface area is 193 Å². The molecule has 0 radical (unpaired) electrons. The molecule has 9 nitrogen and oxygen atoms in total. The number of nitrogens with one attached hydrogen (secondary N) is 1. The maximum atomic E-state index is 13.3. The van der Waals surface area contributed by atoms with Crippen molar-refractivity contribution in [2.24, 2.45) is 0 Å². The number of anilines is 1. The minimum Gasteiger partial charge on any atom is -0.483 e. The second-order valence-electron chi connectivity index (χ2n) is 7.65. The van der Waals surface area contributed by atoms with E-state index in [9.17, 15) is 9.18 Å². The van der Waals surface area contributed by atoms with E-state index in [0.29, 0.717) is 39.8 Å². The molecule has 10 heteroatoms. The van der Waals surface area contributed by atoms with Crippen LogP contribution in [0, 0.1) is 19.7 Å². The third-order valence-corrected chi connectivity index (χ3v) is 5.17. The molecule has 0 unspecified atom stereocenters. The van der Waals surface area contributed by atoms with Gasteiger partial charge in [-0.2, -0.15) is 14.9 Å². The Bertz CT molecular complexity index is 1490. The van der Waals surface area contributed by atoms with Crippen LogP contribution in [-0.4, -0.2) is 42.0 Å². The van der Waals surface area contributed by atoms with Crippen molar-refractivity contribution in [3.8, 4) is 17.3 Å². The maximum absolute atomic E-state index is 13.3. The average molecular weight is 457 g/mol. The van der Waals surface area contributed by atoms with Gasteiger partial charge in [0.15, 0.2) is 18.1 Å². The number of hydrogen-bond acceptors (Lipinski definition) is 6. The molecule has 0 aliphatic heterocycles. The molecule has 0 aliphatic rings. The second kappa shape index (κ2) is 8.74. The molecule has 0 saturated heterocycles. The first-order valence-corrected chi connectivity index (χ1v) is 10.5. The van der Waals surface area contributed by atoms with Crippen molar-refractivity contribution in [3.63, 3.8) is 0 Å². The van der Waals surface area contributed by atoms with Gasteiger partial charge in [-0.1, -0.05) is 18.2 Å². The Morgan fingerprint density at radius 3 is 2.65 bits per heavy atom. The van der Waals surface area contributed by atoms with E-state index in [1.54, 1.807) is 29.1 Å². The zero-order chi connectivity index (χ0) is 23.7. The molecule has 2 aromatic carbocycles. The number of aryl methyl sites for hydroxylation is 2. The quantitative estimate of drug-likeness (QED) is 0.417. The summed E-state index contributed by atoms with van der Waals surface area (Å²) in [7, 11) is 0. The summed E-state index contributed by atoms with van der Waals surface area (Å²) in [5, 5.41) is 12.3. The van der Waals surface area contributed by atoms with E-state index in [4.69, 9.17) is 4.74 Å². The fourth-order valence-electron chi connectivity index (χ4n) is 3.56. The third kappa shape index (κ3) is 4.08. The second-order valence-corrected chi connectivity index (χ2v) is 7.65. The predicted octanol–water partition coefficient (Wildman–Crippen LogP) is 3.77. The first-order valence-electron chi connectivity index (χ1n) is 10.5. The number of carbonyl (C=O) groups is 1. The van der Waals surface area contributed by atoms with Gasteiger partial charge in [-0.05, 0) is 49.7 Å². The molecule has 0 aliphatic carbocycles. The number of nitrogens with zero attached hydrogens (tertiary/aromatic N) is 6. The minimum atomic E-state index is -0.339. The summed E-state index contributed by atoms with van der Waals surface area (Å²) < 4.78 is 22.1. The zero-order valence-corrected chi connectivity index (χ0v) is 18.4. The molecule has 3 heterocycles. The van der Waals surface area contributed by atoms with Gasteiger partial charge < -0.3 is 10.1 Å². The van der Waals surface area contributed by atoms with Gasteiger partial charge in [0.1, 0.15) is 23.7 Å². The normalized spacial score (nSPS) is 11.0. The summed E-state index contributed by atoms with van der Waals surface area (Å²) >= 11 is 0. The van der Waals surface area contributed by atoms with Crippen molar-refractivity contribution in [2.75, 3.05) is 11.9 Å². The van der Waals surface area contributed by atoms with Crippen LogP contribution in [0.5, 0.6) is 5.75 Å². The van der Waals surface area contributed by atoms with Crippen molar-refractivity contribution in [2.45, 2.75) is 13.8 Å². The minimum absolute atomic E-state index is 0.156. The van der Waals surface area contributed by atoms with Gasteiger partial charge in [0.05, 0.1) is 23.0 Å². The molecule has 5 rings (SSSR count). The molecule has 0 saturated carbocycles. The molecule has 0 atom stereocenters. The molecule has 0 bridgehead atoms. The Morgan fingerprint density at radius 1 is 1.06 bits per heavy atom. The average Bonchev–Trinajstić information content (AvgIpc) is 3.42. The molecular weight excluding hydrogens is 437 g/mol. The summed E-state index contributed by atoms with van der Waals surface area (Å²) in [5.41, 5.74) is 2.80. The van der Waals surface area contributed by atoms with Crippen LogP contribution in [-0.2, 0) is 4.79 Å². The predicted molar refractivity (Wildman–Crippen MR) is 124 cm³/mol. The Morgan fingerprint density at radius 2 is 1.85 bits per heavy atom. The summed E-state index contributed by atoms with van der Waals surface area (Å²) in [6.07, 6.45) is 3.00. The van der Waals surface area contributed by atoms with E-state index in [1.807, 2.05) is 38.1 Å². The lowest BCUT2D eigenvalue weighted by Gasteiger charge is -2.11. The summed E-state index contributed by atoms with van der Waals surface area (Å²) in [4.78, 5) is 21.3. The number of hydrogen-bond donors (Lipinski definition) is 1. The van der Waals surface area contributed by atoms with Crippen molar-refractivity contribution >= 4 is 22.8 Å². The van der Waals surface area contributed by atoms with E-state index < -0.39 is 0 Å². The zero-order valence-electron chi connectivity index (χ0n) is 18.4. The maximum Gasteiger partial charge on any atom is 0.263 e. The van der Waals surface area contributed by atoms with Crippen LogP contribution in [0.4, 0.5) is 10.2 Å². The number of halogens is 1. The molecule has 170 valence electrons. The molecule has 3 aromatic heterocycles. The largest absolute Gasteiger partial charge is 0.483 e. The highest BCUT2D eigenvalue weighted by molar-refractivity contribution is 5.92. The standard InChI is InChI=1S/C24H20FN7O2/c1-15-5-3-4-6-20(15)34-13-22(33)29-21-11-16(2)30-32(21)24-19-12-28-31(23(19)26-14-27-24)18-9-7-17(25)8-10-18/h3-12,14H,13H2,1-2H3,(H,29,33). The van der Waals surface area contributed by atoms with Gasteiger partial charge in [-0.15, -0.1) is 0 Å². The van der Waals surface area contributed by atoms with E-state index in [2.05, 4.69) is 25.5 Å². The molecule has 1 N–H and O–H groups in total. The lowest BCUT2D eigenvalue weighted by molar-refractivity contribution is -0.118. The van der Waals surface area contributed by atoms with Crippen molar-refractivity contribution in [1.29, 1.82) is 0 Å². The topological polar surface area (TPSA) is 99.7 Å². The van der Waals surface area contributed by atoms with Crippen LogP contribution in [0.3, 0.4) is 0 Å². The monoisotopic (exact) mass is 457 g/mol. The fourth-order valence-corrected chi connectivity index (χ4v) is 3.56. The Balaban J connectivity index is 1.44. The SMILES string of the molecule is Cc1cc(NC(=O)COc2ccccc2C)n(-c2ncnc3c2cnn3-c2ccc(F)cc2)n1. The van der Waals surface area contributed by atoms with Crippen molar-refractivity contribution < 1.29 is 13.9 Å². The summed E-state index contributed by atoms with van der Waals surface area (Å²) in [6.45, 7) is 3.57. The number of carbonyl (C=O) groups excluding carboxylic acids is 1. The van der Waals surface area contributed by atoms with Gasteiger partial charge in [-0.25, -0.2) is 19.0 Å². The number of benzene rings is 2. The van der Waals surface area contributed by atoms with Crippen LogP contribution < -0.4 is 10.1 Å². The Kier molecular flexibility index (Phi) is 5.46. The lowest BCUT2D eigenvalue weighted by atomic mass is 10.2. The molecule has 5 aromatic rings. The number of fused-ring (bicyclic) bond motifs is 1. The molecule has 0 spiro atoms. The van der Waals surface area contributed by atoms with Crippen molar-refractivity contribution in [1.82, 2.24) is 29.5 Å². The fraction of sp³-hybridized carbons (Fsp3) is 0.125. The molecule has 34 heavy (non-hydrogen) atoms. The van der Waals surface area contributed by atoms with Gasteiger partial charge >= 0.3 is 0 Å². The van der Waals surface area contributed by atoms with Gasteiger partial charge in [0.25, 0.3) is 5.91 Å². The molecule has 1 amide bonds. The van der Waals surface area contributed by atoms with Crippen LogP contribution in [0.15, 0.2) is 67.1 Å². The summed E-state index contributed by atoms with van der Waals surface area (Å²) in [5.74, 6) is 0.853. The number of para-hydroxylation sites is 1. The van der Waals surface area contributed by atoms with E-state index in [0.717, 1.165) is 5.56 Å².